The normalized spacial score (nSPS) is 27.7. The van der Waals surface area contributed by atoms with Crippen molar-refractivity contribution in [1.29, 1.82) is 0 Å². The average Bonchev–Trinajstić information content (AvgIpc) is 3.04. The molecule has 0 aromatic carbocycles. The van der Waals surface area contributed by atoms with Crippen molar-refractivity contribution in [3.63, 3.8) is 0 Å². The molecule has 1 saturated carbocycles. The zero-order valence-electron chi connectivity index (χ0n) is 12.8. The molecule has 3 rings (SSSR count). The van der Waals surface area contributed by atoms with Gasteiger partial charge in [-0.25, -0.2) is 4.98 Å². The SMILES string of the molecule is O=C(NC1CCC(O)CC1)c1cnc(O[C@@H]2CCOC2)c(Cl)c1. The van der Waals surface area contributed by atoms with Crippen LogP contribution in [-0.2, 0) is 4.74 Å². The molecular weight excluding hydrogens is 320 g/mol. The van der Waals surface area contributed by atoms with E-state index in [4.69, 9.17) is 21.1 Å². The van der Waals surface area contributed by atoms with E-state index < -0.39 is 0 Å². The minimum absolute atomic E-state index is 0.0339. The molecule has 1 aromatic rings. The van der Waals surface area contributed by atoms with Gasteiger partial charge in [-0.15, -0.1) is 0 Å². The summed E-state index contributed by atoms with van der Waals surface area (Å²) in [4.78, 5) is 16.4. The first-order valence-electron chi connectivity index (χ1n) is 8.00. The molecule has 0 radical (unpaired) electrons. The van der Waals surface area contributed by atoms with Crippen LogP contribution in [0.4, 0.5) is 0 Å². The van der Waals surface area contributed by atoms with Crippen molar-refractivity contribution in [2.45, 2.75) is 50.4 Å². The lowest BCUT2D eigenvalue weighted by Gasteiger charge is -2.26. The van der Waals surface area contributed by atoms with Crippen LogP contribution in [0.2, 0.25) is 5.02 Å². The quantitative estimate of drug-likeness (QED) is 0.875. The first-order chi connectivity index (χ1) is 11.1. The van der Waals surface area contributed by atoms with E-state index in [1.807, 2.05) is 0 Å². The van der Waals surface area contributed by atoms with Crippen LogP contribution in [0.15, 0.2) is 12.3 Å². The zero-order valence-corrected chi connectivity index (χ0v) is 13.6. The smallest absolute Gasteiger partial charge is 0.253 e. The van der Waals surface area contributed by atoms with Crippen molar-refractivity contribution in [2.75, 3.05) is 13.2 Å². The number of pyridine rings is 1. The van der Waals surface area contributed by atoms with Gasteiger partial charge in [0.2, 0.25) is 5.88 Å². The summed E-state index contributed by atoms with van der Waals surface area (Å²) in [5.74, 6) is 0.135. The van der Waals surface area contributed by atoms with Gasteiger partial charge >= 0.3 is 0 Å². The van der Waals surface area contributed by atoms with Crippen LogP contribution in [-0.4, -0.2) is 47.5 Å². The number of carbonyl (C=O) groups excluding carboxylic acids is 1. The highest BCUT2D eigenvalue weighted by molar-refractivity contribution is 6.32. The lowest BCUT2D eigenvalue weighted by Crippen LogP contribution is -2.38. The third-order valence-electron chi connectivity index (χ3n) is 4.27. The number of nitrogens with zero attached hydrogens (tertiary/aromatic N) is 1. The molecule has 2 fully saturated rings. The number of nitrogens with one attached hydrogen (secondary N) is 1. The molecule has 2 heterocycles. The molecule has 1 aliphatic carbocycles. The Labute approximate surface area is 140 Å². The Morgan fingerprint density at radius 1 is 1.35 bits per heavy atom. The van der Waals surface area contributed by atoms with Gasteiger partial charge in [-0.05, 0) is 31.7 Å². The Kier molecular flexibility index (Phi) is 5.35. The number of hydrogen-bond donors (Lipinski definition) is 2. The van der Waals surface area contributed by atoms with Gasteiger partial charge in [0, 0.05) is 18.7 Å². The number of amides is 1. The molecule has 0 spiro atoms. The van der Waals surface area contributed by atoms with Crippen molar-refractivity contribution in [1.82, 2.24) is 10.3 Å². The van der Waals surface area contributed by atoms with Gasteiger partial charge in [-0.3, -0.25) is 4.79 Å². The molecule has 7 heteroatoms. The number of aliphatic hydroxyl groups is 1. The number of carbonyl (C=O) groups is 1. The summed E-state index contributed by atoms with van der Waals surface area (Å²) in [6.07, 6.45) is 5.04. The molecule has 1 saturated heterocycles. The fourth-order valence-electron chi connectivity index (χ4n) is 2.89. The summed E-state index contributed by atoms with van der Waals surface area (Å²) in [5, 5.41) is 12.8. The van der Waals surface area contributed by atoms with Crippen LogP contribution in [0.1, 0.15) is 42.5 Å². The standard InChI is InChI=1S/C16H21ClN2O4/c17-14-7-10(8-18-16(14)23-13-5-6-22-9-13)15(21)19-11-1-3-12(20)4-2-11/h7-8,11-13,20H,1-6,9H2,(H,19,21)/t11?,12?,13-/m1/s1. The predicted molar refractivity (Wildman–Crippen MR) is 84.8 cm³/mol. The predicted octanol–water partition coefficient (Wildman–Crippen LogP) is 1.94. The van der Waals surface area contributed by atoms with Crippen molar-refractivity contribution in [2.24, 2.45) is 0 Å². The van der Waals surface area contributed by atoms with Crippen LogP contribution in [0.3, 0.4) is 0 Å². The van der Waals surface area contributed by atoms with Gasteiger partial charge in [0.15, 0.2) is 0 Å². The van der Waals surface area contributed by atoms with Gasteiger partial charge in [-0.2, -0.15) is 0 Å². The highest BCUT2D eigenvalue weighted by Crippen LogP contribution is 2.25. The van der Waals surface area contributed by atoms with Crippen molar-refractivity contribution < 1.29 is 19.4 Å². The molecule has 6 nitrogen and oxygen atoms in total. The van der Waals surface area contributed by atoms with Crippen molar-refractivity contribution in [3.05, 3.63) is 22.8 Å². The lowest BCUT2D eigenvalue weighted by molar-refractivity contribution is 0.0867. The highest BCUT2D eigenvalue weighted by Gasteiger charge is 2.23. The van der Waals surface area contributed by atoms with Crippen LogP contribution < -0.4 is 10.1 Å². The topological polar surface area (TPSA) is 80.7 Å². The second-order valence-corrected chi connectivity index (χ2v) is 6.50. The number of rotatable bonds is 4. The van der Waals surface area contributed by atoms with Crippen LogP contribution >= 0.6 is 11.6 Å². The van der Waals surface area contributed by atoms with Gasteiger partial charge < -0.3 is 19.9 Å². The maximum absolute atomic E-state index is 12.3. The van der Waals surface area contributed by atoms with Gasteiger partial charge in [-0.1, -0.05) is 11.6 Å². The van der Waals surface area contributed by atoms with Gasteiger partial charge in [0.25, 0.3) is 5.91 Å². The molecular formula is C16H21ClN2O4. The maximum atomic E-state index is 12.3. The molecule has 2 aliphatic rings. The Morgan fingerprint density at radius 3 is 2.78 bits per heavy atom. The highest BCUT2D eigenvalue weighted by atomic mass is 35.5. The van der Waals surface area contributed by atoms with E-state index >= 15 is 0 Å². The molecule has 1 atom stereocenters. The van der Waals surface area contributed by atoms with Crippen molar-refractivity contribution >= 4 is 17.5 Å². The monoisotopic (exact) mass is 340 g/mol. The number of ether oxygens (including phenoxy) is 2. The number of halogens is 1. The molecule has 2 N–H and O–H groups in total. The zero-order chi connectivity index (χ0) is 16.2. The summed E-state index contributed by atoms with van der Waals surface area (Å²) in [6.45, 7) is 1.21. The summed E-state index contributed by atoms with van der Waals surface area (Å²) in [6, 6.07) is 1.67. The summed E-state index contributed by atoms with van der Waals surface area (Å²) < 4.78 is 10.9. The third kappa shape index (κ3) is 4.34. The van der Waals surface area contributed by atoms with E-state index in [0.29, 0.717) is 29.7 Å². The Morgan fingerprint density at radius 2 is 2.13 bits per heavy atom. The van der Waals surface area contributed by atoms with E-state index in [1.54, 1.807) is 6.07 Å². The van der Waals surface area contributed by atoms with Crippen molar-refractivity contribution in [3.8, 4) is 5.88 Å². The molecule has 0 unspecified atom stereocenters. The molecule has 23 heavy (non-hydrogen) atoms. The molecule has 1 aromatic heterocycles. The molecule has 126 valence electrons. The van der Waals surface area contributed by atoms with Crippen LogP contribution in [0, 0.1) is 0 Å². The molecule has 1 amide bonds. The molecule has 1 aliphatic heterocycles. The fourth-order valence-corrected chi connectivity index (χ4v) is 3.10. The van der Waals surface area contributed by atoms with E-state index in [-0.39, 0.29) is 24.2 Å². The third-order valence-corrected chi connectivity index (χ3v) is 4.54. The van der Waals surface area contributed by atoms with Crippen LogP contribution in [0.25, 0.3) is 0 Å². The Bertz CT molecular complexity index is 555. The Hall–Kier alpha value is -1.37. The average molecular weight is 341 g/mol. The summed E-state index contributed by atoms with van der Waals surface area (Å²) in [5.41, 5.74) is 0.413. The summed E-state index contributed by atoms with van der Waals surface area (Å²) >= 11 is 6.17. The lowest BCUT2D eigenvalue weighted by atomic mass is 9.93. The number of aliphatic hydroxyl groups excluding tert-OH is 1. The minimum atomic E-state index is -0.240. The summed E-state index contributed by atoms with van der Waals surface area (Å²) in [7, 11) is 0. The number of hydrogen-bond acceptors (Lipinski definition) is 5. The second kappa shape index (κ2) is 7.47. The van der Waals surface area contributed by atoms with E-state index in [0.717, 1.165) is 32.1 Å². The first kappa shape index (κ1) is 16.5. The van der Waals surface area contributed by atoms with E-state index in [2.05, 4.69) is 10.3 Å². The fraction of sp³-hybridized carbons (Fsp3) is 0.625. The van der Waals surface area contributed by atoms with Gasteiger partial charge in [0.05, 0.1) is 24.9 Å². The first-order valence-corrected chi connectivity index (χ1v) is 8.38. The minimum Gasteiger partial charge on any atom is -0.471 e. The maximum Gasteiger partial charge on any atom is 0.253 e. The largest absolute Gasteiger partial charge is 0.471 e. The van der Waals surface area contributed by atoms with Crippen LogP contribution in [0.5, 0.6) is 5.88 Å². The van der Waals surface area contributed by atoms with E-state index in [1.165, 1.54) is 6.20 Å². The van der Waals surface area contributed by atoms with E-state index in [9.17, 15) is 9.90 Å². The second-order valence-electron chi connectivity index (χ2n) is 6.09. The van der Waals surface area contributed by atoms with Gasteiger partial charge in [0.1, 0.15) is 11.1 Å². The number of aromatic nitrogens is 1. The Balaban J connectivity index is 1.59. The molecule has 0 bridgehead atoms.